The molecule has 0 radical (unpaired) electrons. The lowest BCUT2D eigenvalue weighted by molar-refractivity contribution is 0.0740. The van der Waals surface area contributed by atoms with Gasteiger partial charge in [-0.1, -0.05) is 18.2 Å². The highest BCUT2D eigenvalue weighted by molar-refractivity contribution is 5.86. The molecule has 184 valence electrons. The molecular formula is C27H29F2N3O3. The number of ether oxygens (including phenoxy) is 3. The van der Waals surface area contributed by atoms with Crippen LogP contribution in [0.2, 0.25) is 0 Å². The molecule has 8 heteroatoms. The van der Waals surface area contributed by atoms with Crippen LogP contribution in [-0.2, 0) is 9.47 Å². The van der Waals surface area contributed by atoms with Crippen molar-refractivity contribution in [1.82, 2.24) is 15.2 Å². The number of halogens is 2. The summed E-state index contributed by atoms with van der Waals surface area (Å²) in [6.45, 7) is 1.88. The molecule has 6 nitrogen and oxygen atoms in total. The molecule has 0 amide bonds. The Labute approximate surface area is 203 Å². The molecule has 3 aliphatic heterocycles. The van der Waals surface area contributed by atoms with Crippen LogP contribution < -0.4 is 10.1 Å². The molecule has 0 aliphatic carbocycles. The average Bonchev–Trinajstić information content (AvgIpc) is 3.07. The highest BCUT2D eigenvalue weighted by Gasteiger charge is 2.27. The Morgan fingerprint density at radius 2 is 2.06 bits per heavy atom. The van der Waals surface area contributed by atoms with Gasteiger partial charge < -0.3 is 24.4 Å². The first-order valence-corrected chi connectivity index (χ1v) is 12.0. The lowest BCUT2D eigenvalue weighted by Gasteiger charge is -2.28. The average molecular weight is 482 g/mol. The van der Waals surface area contributed by atoms with Gasteiger partial charge >= 0.3 is 0 Å². The van der Waals surface area contributed by atoms with Gasteiger partial charge in [-0.3, -0.25) is 0 Å². The summed E-state index contributed by atoms with van der Waals surface area (Å²) in [6, 6.07) is 6.44. The summed E-state index contributed by atoms with van der Waals surface area (Å²) in [5, 5.41) is 3.62. The first-order chi connectivity index (χ1) is 17.1. The summed E-state index contributed by atoms with van der Waals surface area (Å²) in [6.07, 6.45) is 10.6. The minimum atomic E-state index is -1.16. The number of nitrogens with zero attached hydrogens (tertiary/aromatic N) is 2. The Morgan fingerprint density at radius 3 is 2.91 bits per heavy atom. The van der Waals surface area contributed by atoms with Crippen molar-refractivity contribution in [3.05, 3.63) is 77.7 Å². The molecule has 0 saturated carbocycles. The molecule has 35 heavy (non-hydrogen) atoms. The van der Waals surface area contributed by atoms with E-state index >= 15 is 0 Å². The second-order valence-corrected chi connectivity index (χ2v) is 8.71. The predicted octanol–water partition coefficient (Wildman–Crippen LogP) is 4.85. The summed E-state index contributed by atoms with van der Waals surface area (Å²) < 4.78 is 45.6. The molecule has 1 saturated heterocycles. The van der Waals surface area contributed by atoms with E-state index in [0.717, 1.165) is 35.7 Å². The van der Waals surface area contributed by atoms with Crippen LogP contribution in [0.25, 0.3) is 16.6 Å². The minimum Gasteiger partial charge on any atom is -0.491 e. The predicted molar refractivity (Wildman–Crippen MR) is 131 cm³/mol. The highest BCUT2D eigenvalue weighted by Crippen LogP contribution is 2.34. The van der Waals surface area contributed by atoms with Crippen LogP contribution in [0.1, 0.15) is 25.0 Å². The van der Waals surface area contributed by atoms with Crippen molar-refractivity contribution >= 4 is 16.6 Å². The van der Waals surface area contributed by atoms with Gasteiger partial charge in [-0.2, -0.15) is 0 Å². The maximum atomic E-state index is 14.4. The van der Waals surface area contributed by atoms with Crippen LogP contribution in [0.5, 0.6) is 5.75 Å². The molecule has 2 aromatic rings. The number of fused-ring (bicyclic) bond motifs is 2. The van der Waals surface area contributed by atoms with Gasteiger partial charge in [-0.15, -0.1) is 0 Å². The van der Waals surface area contributed by atoms with Gasteiger partial charge in [0.2, 0.25) is 0 Å². The van der Waals surface area contributed by atoms with Crippen LogP contribution in [0.4, 0.5) is 8.78 Å². The lowest BCUT2D eigenvalue weighted by atomic mass is 10.1. The van der Waals surface area contributed by atoms with Crippen molar-refractivity contribution in [2.75, 3.05) is 33.4 Å². The van der Waals surface area contributed by atoms with E-state index in [4.69, 9.17) is 19.2 Å². The van der Waals surface area contributed by atoms with Crippen LogP contribution in [0, 0.1) is 5.82 Å². The normalized spacial score (nSPS) is 22.1. The first-order valence-electron chi connectivity index (χ1n) is 12.0. The molecule has 0 unspecified atom stereocenters. The third kappa shape index (κ3) is 5.23. The van der Waals surface area contributed by atoms with Crippen molar-refractivity contribution in [3.8, 4) is 5.75 Å². The van der Waals surface area contributed by atoms with E-state index in [1.54, 1.807) is 7.11 Å². The first kappa shape index (κ1) is 23.5. The van der Waals surface area contributed by atoms with Crippen molar-refractivity contribution in [3.63, 3.8) is 0 Å². The minimum absolute atomic E-state index is 0.227. The quantitative estimate of drug-likeness (QED) is 0.571. The van der Waals surface area contributed by atoms with Crippen molar-refractivity contribution in [1.29, 1.82) is 0 Å². The van der Waals surface area contributed by atoms with Crippen LogP contribution in [-0.4, -0.2) is 55.6 Å². The summed E-state index contributed by atoms with van der Waals surface area (Å²) in [4.78, 5) is 6.94. The second kappa shape index (κ2) is 10.6. The van der Waals surface area contributed by atoms with Gasteiger partial charge in [0.1, 0.15) is 41.7 Å². The third-order valence-corrected chi connectivity index (χ3v) is 6.24. The van der Waals surface area contributed by atoms with E-state index in [-0.39, 0.29) is 12.3 Å². The fraction of sp³-hybridized carbons (Fsp3) is 0.370. The van der Waals surface area contributed by atoms with Gasteiger partial charge in [0.05, 0.1) is 18.0 Å². The Hall–Kier alpha value is -3.23. The topological polar surface area (TPSA) is 55.9 Å². The largest absolute Gasteiger partial charge is 0.491 e. The molecule has 5 rings (SSSR count). The van der Waals surface area contributed by atoms with Gasteiger partial charge in [0.25, 0.3) is 0 Å². The molecule has 1 aromatic heterocycles. The molecular weight excluding hydrogens is 452 g/mol. The van der Waals surface area contributed by atoms with Crippen LogP contribution in [0.15, 0.2) is 66.2 Å². The van der Waals surface area contributed by atoms with Gasteiger partial charge in [-0.25, -0.2) is 13.8 Å². The maximum absolute atomic E-state index is 14.4. The van der Waals surface area contributed by atoms with Gasteiger partial charge in [-0.05, 0) is 44.0 Å². The number of nitrogens with one attached hydrogen (secondary N) is 1. The number of hydrogen-bond acceptors (Lipinski definition) is 6. The number of allylic oxidation sites excluding steroid dienone is 4. The summed E-state index contributed by atoms with van der Waals surface area (Å²) in [7, 11) is 1.64. The number of methoxy groups -OCH3 is 1. The molecule has 1 aromatic carbocycles. The van der Waals surface area contributed by atoms with Gasteiger partial charge in [0.15, 0.2) is 0 Å². The smallest absolute Gasteiger partial charge is 0.149 e. The number of aromatic nitrogens is 1. The third-order valence-electron chi connectivity index (χ3n) is 6.24. The van der Waals surface area contributed by atoms with Crippen molar-refractivity contribution < 1.29 is 23.0 Å². The molecule has 1 fully saturated rings. The molecule has 0 spiro atoms. The van der Waals surface area contributed by atoms with E-state index in [0.29, 0.717) is 37.1 Å². The number of rotatable bonds is 7. The molecule has 3 aliphatic rings. The molecule has 2 atom stereocenters. The number of pyridine rings is 1. The highest BCUT2D eigenvalue weighted by atomic mass is 19.1. The fourth-order valence-electron chi connectivity index (χ4n) is 4.48. The van der Waals surface area contributed by atoms with E-state index in [1.807, 2.05) is 30.5 Å². The zero-order chi connectivity index (χ0) is 24.2. The molecule has 1 N–H and O–H groups in total. The van der Waals surface area contributed by atoms with Crippen molar-refractivity contribution in [2.45, 2.75) is 31.5 Å². The fourth-order valence-corrected chi connectivity index (χ4v) is 4.48. The monoisotopic (exact) mass is 481 g/mol. The summed E-state index contributed by atoms with van der Waals surface area (Å²) in [5.74, 6) is 0.603. The van der Waals surface area contributed by atoms with Crippen molar-refractivity contribution in [2.24, 2.45) is 0 Å². The Bertz CT molecular complexity index is 1210. The Morgan fingerprint density at radius 1 is 1.17 bits per heavy atom. The second-order valence-electron chi connectivity index (χ2n) is 8.71. The SMILES string of the molecule is COCCOC1=CC2=CCCC=C(c3ccc4cc(F)cc(O[C@H]5CCNC[C@@H]5F)c4n3)N2C=C1. The standard InChI is InChI=1S/C27H29F2N3O3/c1-33-12-13-34-21-9-11-32-20(16-21)4-2-3-5-24(32)23-7-6-18-14-19(28)15-26(27(18)31-23)35-25-8-10-30-17-22(25)29/h4-7,9,11,14-16,22,25,30H,2-3,8,10,12-13,17H2,1H3/t22-,25-/m0/s1. The zero-order valence-electron chi connectivity index (χ0n) is 19.7. The summed E-state index contributed by atoms with van der Waals surface area (Å²) in [5.41, 5.74) is 3.16. The van der Waals surface area contributed by atoms with E-state index in [9.17, 15) is 8.78 Å². The Kier molecular flexibility index (Phi) is 7.11. The van der Waals surface area contributed by atoms with Crippen LogP contribution >= 0.6 is 0 Å². The van der Waals surface area contributed by atoms with E-state index in [2.05, 4.69) is 22.4 Å². The van der Waals surface area contributed by atoms with E-state index < -0.39 is 18.1 Å². The number of piperidine rings is 1. The van der Waals surface area contributed by atoms with Gasteiger partial charge in [0, 0.05) is 43.1 Å². The van der Waals surface area contributed by atoms with Crippen LogP contribution in [0.3, 0.4) is 0 Å². The van der Waals surface area contributed by atoms with E-state index in [1.165, 1.54) is 12.1 Å². The zero-order valence-corrected chi connectivity index (χ0v) is 19.7. The lowest BCUT2D eigenvalue weighted by Crippen LogP contribution is -2.44. The Balaban J connectivity index is 1.46. The molecule has 4 heterocycles. The molecule has 0 bridgehead atoms. The number of benzene rings is 1. The maximum Gasteiger partial charge on any atom is 0.149 e. The number of alkyl halides is 1. The summed E-state index contributed by atoms with van der Waals surface area (Å²) >= 11 is 0. The number of hydrogen-bond donors (Lipinski definition) is 1.